The van der Waals surface area contributed by atoms with Crippen molar-refractivity contribution in [2.24, 2.45) is 10.9 Å². The molecule has 1 aromatic carbocycles. The van der Waals surface area contributed by atoms with Crippen LogP contribution >= 0.6 is 0 Å². The second-order valence-electron chi connectivity index (χ2n) is 7.84. The normalized spacial score (nSPS) is 20.8. The Kier molecular flexibility index (Phi) is 5.84. The first-order valence-corrected chi connectivity index (χ1v) is 10.5. The van der Waals surface area contributed by atoms with Crippen molar-refractivity contribution in [3.05, 3.63) is 36.1 Å². The molecule has 2 N–H and O–H groups in total. The van der Waals surface area contributed by atoms with E-state index < -0.39 is 0 Å². The highest BCUT2D eigenvalue weighted by molar-refractivity contribution is 5.82. The smallest absolute Gasteiger partial charge is 0.225 e. The molecule has 2 fully saturated rings. The van der Waals surface area contributed by atoms with E-state index in [0.717, 1.165) is 61.6 Å². The maximum absolute atomic E-state index is 12.6. The van der Waals surface area contributed by atoms with Crippen LogP contribution in [0, 0.1) is 5.92 Å². The van der Waals surface area contributed by atoms with Gasteiger partial charge in [-0.1, -0.05) is 31.0 Å². The topological polar surface area (TPSA) is 69.9 Å². The molecule has 1 saturated carbocycles. The van der Waals surface area contributed by atoms with Crippen LogP contribution in [0.4, 0.5) is 0 Å². The summed E-state index contributed by atoms with van der Waals surface area (Å²) in [4.78, 5) is 19.4. The average molecular weight is 383 g/mol. The Labute approximate surface area is 166 Å². The van der Waals surface area contributed by atoms with Crippen LogP contribution in [0.2, 0.25) is 0 Å². The van der Waals surface area contributed by atoms with Crippen LogP contribution in [-0.4, -0.2) is 42.4 Å². The fraction of sp³-hybridized carbons (Fsp3) is 0.545. The number of amides is 1. The first-order chi connectivity index (χ1) is 13.7. The van der Waals surface area contributed by atoms with Gasteiger partial charge in [0.1, 0.15) is 17.9 Å². The third-order valence-corrected chi connectivity index (χ3v) is 5.76. The van der Waals surface area contributed by atoms with E-state index in [4.69, 9.17) is 4.42 Å². The first-order valence-electron chi connectivity index (χ1n) is 10.5. The summed E-state index contributed by atoms with van der Waals surface area (Å²) in [5.74, 6) is 2.24. The SMILES string of the molecule is CCNC(=NCc1cc2ccccc2o1)NC1CCN(C(=O)C2CCCC2)C1. The van der Waals surface area contributed by atoms with Crippen LogP contribution in [0.15, 0.2) is 39.7 Å². The highest BCUT2D eigenvalue weighted by atomic mass is 16.3. The number of hydrogen-bond acceptors (Lipinski definition) is 3. The van der Waals surface area contributed by atoms with Gasteiger partial charge in [0, 0.05) is 37.0 Å². The van der Waals surface area contributed by atoms with Gasteiger partial charge in [-0.25, -0.2) is 4.99 Å². The molecule has 2 aliphatic rings. The number of rotatable bonds is 5. The van der Waals surface area contributed by atoms with Gasteiger partial charge < -0.3 is 20.0 Å². The fourth-order valence-corrected chi connectivity index (χ4v) is 4.29. The minimum absolute atomic E-state index is 0.249. The third kappa shape index (κ3) is 4.32. The standard InChI is InChI=1S/C22H30N4O2/c1-2-23-22(24-14-19-13-17-9-5-6-10-20(17)28-19)25-18-11-12-26(15-18)21(27)16-7-3-4-8-16/h5-6,9-10,13,16,18H,2-4,7-8,11-12,14-15H2,1H3,(H2,23,24,25). The summed E-state index contributed by atoms with van der Waals surface area (Å²) in [5.41, 5.74) is 0.891. The molecule has 1 atom stereocenters. The van der Waals surface area contributed by atoms with Gasteiger partial charge in [0.25, 0.3) is 0 Å². The maximum atomic E-state index is 12.6. The Morgan fingerprint density at radius 1 is 1.25 bits per heavy atom. The summed E-state index contributed by atoms with van der Waals surface area (Å²) in [6.45, 7) is 4.95. The molecule has 1 aliphatic heterocycles. The second-order valence-corrected chi connectivity index (χ2v) is 7.84. The lowest BCUT2D eigenvalue weighted by Gasteiger charge is -2.21. The molecular weight excluding hydrogens is 352 g/mol. The van der Waals surface area contributed by atoms with E-state index in [2.05, 4.69) is 22.5 Å². The number of carbonyl (C=O) groups is 1. The molecule has 2 aromatic rings. The summed E-state index contributed by atoms with van der Waals surface area (Å²) in [6.07, 6.45) is 5.49. The highest BCUT2D eigenvalue weighted by Crippen LogP contribution is 2.27. The Morgan fingerprint density at radius 2 is 2.07 bits per heavy atom. The maximum Gasteiger partial charge on any atom is 0.225 e. The van der Waals surface area contributed by atoms with Gasteiger partial charge in [0.2, 0.25) is 5.91 Å². The molecule has 0 radical (unpaired) electrons. The van der Waals surface area contributed by atoms with E-state index in [-0.39, 0.29) is 12.0 Å². The number of hydrogen-bond donors (Lipinski definition) is 2. The molecule has 1 aliphatic carbocycles. The van der Waals surface area contributed by atoms with E-state index in [1.807, 2.05) is 35.2 Å². The van der Waals surface area contributed by atoms with Crippen LogP contribution in [0.25, 0.3) is 11.0 Å². The van der Waals surface area contributed by atoms with Crippen molar-refractivity contribution < 1.29 is 9.21 Å². The molecule has 6 heteroatoms. The fourth-order valence-electron chi connectivity index (χ4n) is 4.29. The first kappa shape index (κ1) is 18.8. The summed E-state index contributed by atoms with van der Waals surface area (Å²) in [5, 5.41) is 7.91. The van der Waals surface area contributed by atoms with Crippen molar-refractivity contribution in [1.29, 1.82) is 0 Å². The largest absolute Gasteiger partial charge is 0.459 e. The van der Waals surface area contributed by atoms with Crippen LogP contribution in [0.1, 0.15) is 44.8 Å². The Balaban J connectivity index is 1.35. The minimum Gasteiger partial charge on any atom is -0.459 e. The van der Waals surface area contributed by atoms with Crippen LogP contribution in [-0.2, 0) is 11.3 Å². The zero-order valence-electron chi connectivity index (χ0n) is 16.6. The molecule has 1 amide bonds. The van der Waals surface area contributed by atoms with Gasteiger partial charge in [0.05, 0.1) is 0 Å². The monoisotopic (exact) mass is 382 g/mol. The van der Waals surface area contributed by atoms with Gasteiger partial charge in [-0.15, -0.1) is 0 Å². The molecule has 6 nitrogen and oxygen atoms in total. The third-order valence-electron chi connectivity index (χ3n) is 5.76. The van der Waals surface area contributed by atoms with Crippen LogP contribution in [0.3, 0.4) is 0 Å². The number of nitrogens with one attached hydrogen (secondary N) is 2. The second kappa shape index (κ2) is 8.67. The molecule has 2 heterocycles. The van der Waals surface area contributed by atoms with Crippen molar-refractivity contribution in [3.63, 3.8) is 0 Å². The van der Waals surface area contributed by atoms with E-state index in [1.165, 1.54) is 12.8 Å². The van der Waals surface area contributed by atoms with Crippen molar-refractivity contribution >= 4 is 22.8 Å². The molecule has 150 valence electrons. The van der Waals surface area contributed by atoms with Gasteiger partial charge in [-0.2, -0.15) is 0 Å². The predicted octanol–water partition coefficient (Wildman–Crippen LogP) is 3.28. The number of guanidine groups is 1. The van der Waals surface area contributed by atoms with E-state index >= 15 is 0 Å². The highest BCUT2D eigenvalue weighted by Gasteiger charge is 2.32. The number of nitrogens with zero attached hydrogens (tertiary/aromatic N) is 2. The number of aliphatic imine (C=N–C) groups is 1. The molecule has 1 unspecified atom stereocenters. The quantitative estimate of drug-likeness (QED) is 0.615. The van der Waals surface area contributed by atoms with Gasteiger partial charge in [0.15, 0.2) is 5.96 Å². The Morgan fingerprint density at radius 3 is 2.86 bits per heavy atom. The zero-order chi connectivity index (χ0) is 19.3. The lowest BCUT2D eigenvalue weighted by molar-refractivity contribution is -0.134. The van der Waals surface area contributed by atoms with Crippen LogP contribution < -0.4 is 10.6 Å². The van der Waals surface area contributed by atoms with Crippen molar-refractivity contribution in [1.82, 2.24) is 15.5 Å². The molecule has 0 spiro atoms. The number of carbonyl (C=O) groups excluding carboxylic acids is 1. The molecule has 1 aromatic heterocycles. The number of benzene rings is 1. The van der Waals surface area contributed by atoms with Crippen molar-refractivity contribution in [3.8, 4) is 0 Å². The van der Waals surface area contributed by atoms with E-state index in [1.54, 1.807) is 0 Å². The molecule has 4 rings (SSSR count). The molecular formula is C22H30N4O2. The molecule has 1 saturated heterocycles. The summed E-state index contributed by atoms with van der Waals surface area (Å²) in [6, 6.07) is 10.3. The number of furan rings is 1. The van der Waals surface area contributed by atoms with Crippen molar-refractivity contribution in [2.75, 3.05) is 19.6 Å². The van der Waals surface area contributed by atoms with Gasteiger partial charge in [-0.05, 0) is 38.3 Å². The minimum atomic E-state index is 0.249. The average Bonchev–Trinajstić information content (AvgIpc) is 3.45. The predicted molar refractivity (Wildman–Crippen MR) is 111 cm³/mol. The molecule has 28 heavy (non-hydrogen) atoms. The van der Waals surface area contributed by atoms with Gasteiger partial charge in [-0.3, -0.25) is 4.79 Å². The Bertz CT molecular complexity index is 805. The summed E-state index contributed by atoms with van der Waals surface area (Å²) < 4.78 is 5.86. The Hall–Kier alpha value is -2.50. The molecule has 0 bridgehead atoms. The van der Waals surface area contributed by atoms with Crippen LogP contribution in [0.5, 0.6) is 0 Å². The summed E-state index contributed by atoms with van der Waals surface area (Å²) in [7, 11) is 0. The zero-order valence-corrected chi connectivity index (χ0v) is 16.6. The van der Waals surface area contributed by atoms with E-state index in [9.17, 15) is 4.79 Å². The summed E-state index contributed by atoms with van der Waals surface area (Å²) >= 11 is 0. The number of para-hydroxylation sites is 1. The van der Waals surface area contributed by atoms with E-state index in [0.29, 0.717) is 12.5 Å². The lowest BCUT2D eigenvalue weighted by Crippen LogP contribution is -2.45. The lowest BCUT2D eigenvalue weighted by atomic mass is 10.1. The van der Waals surface area contributed by atoms with Gasteiger partial charge >= 0.3 is 0 Å². The number of likely N-dealkylation sites (tertiary alicyclic amines) is 1. The van der Waals surface area contributed by atoms with Crippen molar-refractivity contribution in [2.45, 2.75) is 51.6 Å². The number of fused-ring (bicyclic) bond motifs is 1.